The summed E-state index contributed by atoms with van der Waals surface area (Å²) in [5.74, 6) is 0.893. The number of nitrogens with zero attached hydrogens (tertiary/aromatic N) is 5. The van der Waals surface area contributed by atoms with Crippen LogP contribution in [0.3, 0.4) is 0 Å². The summed E-state index contributed by atoms with van der Waals surface area (Å²) >= 11 is 0. The SMILES string of the molecule is Cc1cc(N2CCC[C@@H]2c2nc(C)cc(C(F)(F)F)n2)ncn1. The molecule has 0 aliphatic carbocycles. The molecule has 0 unspecified atom stereocenters. The highest BCUT2D eigenvalue weighted by molar-refractivity contribution is 5.42. The minimum Gasteiger partial charge on any atom is -0.346 e. The zero-order chi connectivity index (χ0) is 16.6. The monoisotopic (exact) mass is 323 g/mol. The van der Waals surface area contributed by atoms with E-state index in [1.165, 1.54) is 6.33 Å². The molecule has 23 heavy (non-hydrogen) atoms. The smallest absolute Gasteiger partial charge is 0.346 e. The van der Waals surface area contributed by atoms with Crippen molar-refractivity contribution >= 4 is 5.82 Å². The number of hydrogen-bond acceptors (Lipinski definition) is 5. The summed E-state index contributed by atoms with van der Waals surface area (Å²) in [7, 11) is 0. The van der Waals surface area contributed by atoms with Gasteiger partial charge in [-0.25, -0.2) is 19.9 Å². The van der Waals surface area contributed by atoms with E-state index in [1.807, 2.05) is 17.9 Å². The number of hydrogen-bond donors (Lipinski definition) is 0. The Morgan fingerprint density at radius 2 is 1.87 bits per heavy atom. The maximum atomic E-state index is 13.0. The third kappa shape index (κ3) is 3.25. The average Bonchev–Trinajstić information content (AvgIpc) is 2.95. The van der Waals surface area contributed by atoms with E-state index in [-0.39, 0.29) is 11.9 Å². The molecule has 0 N–H and O–H groups in total. The molecule has 2 aromatic heterocycles. The van der Waals surface area contributed by atoms with Gasteiger partial charge in [-0.05, 0) is 32.8 Å². The zero-order valence-electron chi connectivity index (χ0n) is 12.8. The summed E-state index contributed by atoms with van der Waals surface area (Å²) in [5.41, 5.74) is 0.223. The van der Waals surface area contributed by atoms with Crippen LogP contribution in [0, 0.1) is 13.8 Å². The van der Waals surface area contributed by atoms with Gasteiger partial charge in [-0.2, -0.15) is 13.2 Å². The largest absolute Gasteiger partial charge is 0.433 e. The quantitative estimate of drug-likeness (QED) is 0.849. The van der Waals surface area contributed by atoms with Crippen molar-refractivity contribution < 1.29 is 13.2 Å². The van der Waals surface area contributed by atoms with Crippen molar-refractivity contribution in [3.05, 3.63) is 41.4 Å². The van der Waals surface area contributed by atoms with Crippen LogP contribution in [-0.2, 0) is 6.18 Å². The first-order valence-electron chi connectivity index (χ1n) is 7.32. The van der Waals surface area contributed by atoms with Crippen LogP contribution in [0.4, 0.5) is 19.0 Å². The number of anilines is 1. The van der Waals surface area contributed by atoms with E-state index in [2.05, 4.69) is 19.9 Å². The summed E-state index contributed by atoms with van der Waals surface area (Å²) in [4.78, 5) is 18.2. The zero-order valence-corrected chi connectivity index (χ0v) is 12.8. The molecule has 2 aromatic rings. The molecule has 0 bridgehead atoms. The van der Waals surface area contributed by atoms with Gasteiger partial charge in [0.15, 0.2) is 5.82 Å². The average molecular weight is 323 g/mol. The molecule has 0 aromatic carbocycles. The number of halogens is 3. The molecule has 0 amide bonds. The van der Waals surface area contributed by atoms with Gasteiger partial charge in [-0.15, -0.1) is 0 Å². The lowest BCUT2D eigenvalue weighted by molar-refractivity contribution is -0.141. The van der Waals surface area contributed by atoms with Crippen LogP contribution < -0.4 is 4.90 Å². The fourth-order valence-electron chi connectivity index (χ4n) is 2.79. The molecule has 8 heteroatoms. The van der Waals surface area contributed by atoms with E-state index in [0.29, 0.717) is 24.5 Å². The van der Waals surface area contributed by atoms with Gasteiger partial charge >= 0.3 is 6.18 Å². The predicted molar refractivity (Wildman–Crippen MR) is 77.9 cm³/mol. The fourth-order valence-corrected chi connectivity index (χ4v) is 2.79. The Morgan fingerprint density at radius 3 is 2.57 bits per heavy atom. The molecule has 5 nitrogen and oxygen atoms in total. The molecular formula is C15H16F3N5. The molecule has 1 fully saturated rings. The van der Waals surface area contributed by atoms with Crippen molar-refractivity contribution in [2.45, 2.75) is 38.9 Å². The Bertz CT molecular complexity index is 716. The van der Waals surface area contributed by atoms with Crippen LogP contribution in [0.1, 0.15) is 41.8 Å². The first kappa shape index (κ1) is 15.6. The highest BCUT2D eigenvalue weighted by Gasteiger charge is 2.36. The summed E-state index contributed by atoms with van der Waals surface area (Å²) in [5, 5.41) is 0. The third-order valence-electron chi connectivity index (χ3n) is 3.80. The van der Waals surface area contributed by atoms with Gasteiger partial charge in [0.2, 0.25) is 0 Å². The highest BCUT2D eigenvalue weighted by atomic mass is 19.4. The molecule has 1 aliphatic rings. The lowest BCUT2D eigenvalue weighted by atomic mass is 10.2. The number of alkyl halides is 3. The molecular weight excluding hydrogens is 307 g/mol. The van der Waals surface area contributed by atoms with E-state index in [0.717, 1.165) is 18.2 Å². The second-order valence-corrected chi connectivity index (χ2v) is 5.62. The van der Waals surface area contributed by atoms with Crippen LogP contribution >= 0.6 is 0 Å². The Balaban J connectivity index is 1.99. The molecule has 0 radical (unpaired) electrons. The van der Waals surface area contributed by atoms with Crippen LogP contribution in [-0.4, -0.2) is 26.5 Å². The lowest BCUT2D eigenvalue weighted by Crippen LogP contribution is -2.26. The molecule has 122 valence electrons. The van der Waals surface area contributed by atoms with E-state index in [1.54, 1.807) is 6.92 Å². The van der Waals surface area contributed by atoms with Crippen LogP contribution in [0.15, 0.2) is 18.5 Å². The number of aryl methyl sites for hydroxylation is 2. The first-order valence-corrected chi connectivity index (χ1v) is 7.32. The van der Waals surface area contributed by atoms with E-state index >= 15 is 0 Å². The van der Waals surface area contributed by atoms with Crippen molar-refractivity contribution in [2.75, 3.05) is 11.4 Å². The fraction of sp³-hybridized carbons (Fsp3) is 0.467. The second-order valence-electron chi connectivity index (χ2n) is 5.62. The van der Waals surface area contributed by atoms with Gasteiger partial charge in [-0.3, -0.25) is 0 Å². The number of aromatic nitrogens is 4. The molecule has 1 aliphatic heterocycles. The summed E-state index contributed by atoms with van der Waals surface area (Å²) in [6.07, 6.45) is -1.47. The van der Waals surface area contributed by atoms with Gasteiger partial charge < -0.3 is 4.90 Å². The summed E-state index contributed by atoms with van der Waals surface area (Å²) < 4.78 is 39.0. The Morgan fingerprint density at radius 1 is 1.09 bits per heavy atom. The topological polar surface area (TPSA) is 54.8 Å². The third-order valence-corrected chi connectivity index (χ3v) is 3.80. The lowest BCUT2D eigenvalue weighted by Gasteiger charge is -2.25. The minimum absolute atomic E-state index is 0.200. The second kappa shape index (κ2) is 5.75. The predicted octanol–water partition coefficient (Wildman–Crippen LogP) is 3.24. The normalized spacial score (nSPS) is 18.5. The number of rotatable bonds is 2. The highest BCUT2D eigenvalue weighted by Crippen LogP contribution is 2.35. The standard InChI is InChI=1S/C15H16F3N5/c1-9-7-13(20-8-19-9)23-5-3-4-11(23)14-21-10(2)6-12(22-14)15(16,17)18/h6-8,11H,3-5H2,1-2H3/t11-/m1/s1. The Kier molecular flexibility index (Phi) is 3.91. The molecule has 1 saturated heterocycles. The van der Waals surface area contributed by atoms with Gasteiger partial charge in [0.25, 0.3) is 0 Å². The first-order chi connectivity index (χ1) is 10.8. The summed E-state index contributed by atoms with van der Waals surface area (Å²) in [6, 6.07) is 2.49. The molecule has 0 spiro atoms. The molecule has 0 saturated carbocycles. The van der Waals surface area contributed by atoms with Crippen molar-refractivity contribution in [1.82, 2.24) is 19.9 Å². The van der Waals surface area contributed by atoms with Crippen molar-refractivity contribution in [1.29, 1.82) is 0 Å². The maximum absolute atomic E-state index is 13.0. The molecule has 1 atom stereocenters. The molecule has 3 heterocycles. The van der Waals surface area contributed by atoms with Crippen molar-refractivity contribution in [3.8, 4) is 0 Å². The minimum atomic E-state index is -4.47. The molecule has 3 rings (SSSR count). The van der Waals surface area contributed by atoms with Crippen molar-refractivity contribution in [3.63, 3.8) is 0 Å². The van der Waals surface area contributed by atoms with Gasteiger partial charge in [0.1, 0.15) is 17.8 Å². The van der Waals surface area contributed by atoms with E-state index in [4.69, 9.17) is 0 Å². The van der Waals surface area contributed by atoms with Gasteiger partial charge in [0.05, 0.1) is 6.04 Å². The van der Waals surface area contributed by atoms with Gasteiger partial charge in [-0.1, -0.05) is 0 Å². The summed E-state index contributed by atoms with van der Waals surface area (Å²) in [6.45, 7) is 4.11. The van der Waals surface area contributed by atoms with Crippen LogP contribution in [0.5, 0.6) is 0 Å². The Hall–Kier alpha value is -2.25. The van der Waals surface area contributed by atoms with E-state index < -0.39 is 11.9 Å². The van der Waals surface area contributed by atoms with Crippen LogP contribution in [0.2, 0.25) is 0 Å². The van der Waals surface area contributed by atoms with Crippen LogP contribution in [0.25, 0.3) is 0 Å². The van der Waals surface area contributed by atoms with Gasteiger partial charge in [0, 0.05) is 24.0 Å². The van der Waals surface area contributed by atoms with Crippen molar-refractivity contribution in [2.24, 2.45) is 0 Å². The maximum Gasteiger partial charge on any atom is 0.433 e. The van der Waals surface area contributed by atoms with E-state index in [9.17, 15) is 13.2 Å². The Labute approximate surface area is 131 Å².